The Balaban J connectivity index is 1.32. The topological polar surface area (TPSA) is 102 Å². The van der Waals surface area contributed by atoms with Gasteiger partial charge in [-0.1, -0.05) is 36.4 Å². The highest BCUT2D eigenvalue weighted by Crippen LogP contribution is 2.32. The largest absolute Gasteiger partial charge is 0.497 e. The number of benzene rings is 3. The quantitative estimate of drug-likeness (QED) is 0.459. The van der Waals surface area contributed by atoms with Gasteiger partial charge in [0, 0.05) is 13.1 Å². The maximum Gasteiger partial charge on any atom is 0.338 e. The molecular formula is C26H26N2O6S. The zero-order valence-electron chi connectivity index (χ0n) is 19.3. The lowest BCUT2D eigenvalue weighted by Gasteiger charge is -2.19. The summed E-state index contributed by atoms with van der Waals surface area (Å²) in [6.07, 6.45) is 1.24. The highest BCUT2D eigenvalue weighted by molar-refractivity contribution is 7.92. The normalized spacial score (nSPS) is 12.7. The molecule has 4 rings (SSSR count). The molecule has 3 aromatic carbocycles. The van der Waals surface area contributed by atoms with Crippen LogP contribution in [0, 0.1) is 0 Å². The van der Waals surface area contributed by atoms with Crippen molar-refractivity contribution in [3.05, 3.63) is 89.5 Å². The summed E-state index contributed by atoms with van der Waals surface area (Å²) >= 11 is 0. The van der Waals surface area contributed by atoms with Crippen LogP contribution in [0.15, 0.2) is 77.7 Å². The summed E-state index contributed by atoms with van der Waals surface area (Å²) in [6.45, 7) is 0.263. The zero-order chi connectivity index (χ0) is 24.8. The van der Waals surface area contributed by atoms with Crippen LogP contribution in [-0.4, -0.2) is 47.1 Å². The first kappa shape index (κ1) is 24.3. The summed E-state index contributed by atoms with van der Waals surface area (Å²) < 4.78 is 38.0. The second-order valence-electron chi connectivity index (χ2n) is 8.01. The first-order valence-corrected chi connectivity index (χ1v) is 12.6. The first-order chi connectivity index (χ1) is 16.9. The molecule has 0 aliphatic carbocycles. The molecule has 1 aliphatic heterocycles. The number of amides is 1. The smallest absolute Gasteiger partial charge is 0.338 e. The highest BCUT2D eigenvalue weighted by Gasteiger charge is 2.31. The maximum absolute atomic E-state index is 13.2. The van der Waals surface area contributed by atoms with Crippen LogP contribution in [0.3, 0.4) is 0 Å². The van der Waals surface area contributed by atoms with Gasteiger partial charge in [0.1, 0.15) is 5.75 Å². The van der Waals surface area contributed by atoms with E-state index >= 15 is 0 Å². The molecule has 0 fully saturated rings. The second-order valence-corrected chi connectivity index (χ2v) is 9.87. The summed E-state index contributed by atoms with van der Waals surface area (Å²) in [5.74, 6) is -0.453. The van der Waals surface area contributed by atoms with Crippen molar-refractivity contribution in [2.45, 2.75) is 17.7 Å². The van der Waals surface area contributed by atoms with E-state index in [1.807, 2.05) is 36.4 Å². The second kappa shape index (κ2) is 10.6. The van der Waals surface area contributed by atoms with Gasteiger partial charge in [0.2, 0.25) is 0 Å². The number of rotatable bonds is 9. The Morgan fingerprint density at radius 3 is 2.54 bits per heavy atom. The van der Waals surface area contributed by atoms with Gasteiger partial charge in [0.25, 0.3) is 15.9 Å². The van der Waals surface area contributed by atoms with E-state index in [0.29, 0.717) is 31.6 Å². The molecule has 0 aromatic heterocycles. The van der Waals surface area contributed by atoms with Crippen molar-refractivity contribution in [2.24, 2.45) is 0 Å². The number of hydrogen-bond donors (Lipinski definition) is 1. The molecule has 1 heterocycles. The molecule has 9 heteroatoms. The van der Waals surface area contributed by atoms with Crippen LogP contribution in [0.2, 0.25) is 0 Å². The molecule has 0 spiro atoms. The fourth-order valence-corrected chi connectivity index (χ4v) is 5.42. The van der Waals surface area contributed by atoms with Crippen LogP contribution in [-0.2, 0) is 32.4 Å². The standard InChI is InChI=1S/C26H26N2O6S/c1-33-22-11-9-19(10-12-22)13-15-27-25(29)18-34-26(30)21-6-4-7-23(17-21)35(31,32)28-16-14-20-5-2-3-8-24(20)28/h2-12,17H,13-16,18H2,1H3,(H,27,29). The van der Waals surface area contributed by atoms with Gasteiger partial charge < -0.3 is 14.8 Å². The van der Waals surface area contributed by atoms with Gasteiger partial charge in [-0.2, -0.15) is 0 Å². The minimum absolute atomic E-state index is 0.00686. The molecule has 1 aliphatic rings. The lowest BCUT2D eigenvalue weighted by molar-refractivity contribution is -0.124. The fraction of sp³-hybridized carbons (Fsp3) is 0.231. The van der Waals surface area contributed by atoms with Crippen LogP contribution in [0.4, 0.5) is 5.69 Å². The average Bonchev–Trinajstić information content (AvgIpc) is 3.33. The summed E-state index contributed by atoms with van der Waals surface area (Å²) in [6, 6.07) is 20.5. The van der Waals surface area contributed by atoms with Gasteiger partial charge in [0.05, 0.1) is 23.3 Å². The van der Waals surface area contributed by atoms with Crippen molar-refractivity contribution in [1.82, 2.24) is 5.32 Å². The van der Waals surface area contributed by atoms with Crippen molar-refractivity contribution in [3.8, 4) is 5.75 Å². The van der Waals surface area contributed by atoms with E-state index in [2.05, 4.69) is 5.32 Å². The number of esters is 1. The number of nitrogens with zero attached hydrogens (tertiary/aromatic N) is 1. The van der Waals surface area contributed by atoms with Crippen molar-refractivity contribution < 1.29 is 27.5 Å². The van der Waals surface area contributed by atoms with E-state index in [4.69, 9.17) is 9.47 Å². The number of hydrogen-bond acceptors (Lipinski definition) is 6. The molecule has 3 aromatic rings. The van der Waals surface area contributed by atoms with E-state index in [1.54, 1.807) is 19.2 Å². The Labute approximate surface area is 204 Å². The molecule has 1 amide bonds. The number of anilines is 1. The van der Waals surface area contributed by atoms with E-state index in [9.17, 15) is 18.0 Å². The van der Waals surface area contributed by atoms with Crippen LogP contribution in [0.5, 0.6) is 5.75 Å². The molecule has 8 nitrogen and oxygen atoms in total. The third kappa shape index (κ3) is 5.63. The summed E-state index contributed by atoms with van der Waals surface area (Å²) in [4.78, 5) is 24.5. The molecule has 182 valence electrons. The van der Waals surface area contributed by atoms with Gasteiger partial charge in [0.15, 0.2) is 6.61 Å². The minimum atomic E-state index is -3.84. The van der Waals surface area contributed by atoms with E-state index < -0.39 is 28.5 Å². The van der Waals surface area contributed by atoms with Crippen molar-refractivity contribution in [2.75, 3.05) is 31.1 Å². The number of fused-ring (bicyclic) bond motifs is 1. The number of carbonyl (C=O) groups excluding carboxylic acids is 2. The number of sulfonamides is 1. The van der Waals surface area contributed by atoms with Crippen molar-refractivity contribution in [3.63, 3.8) is 0 Å². The molecule has 1 N–H and O–H groups in total. The van der Waals surface area contributed by atoms with E-state index in [1.165, 1.54) is 28.6 Å². The van der Waals surface area contributed by atoms with Crippen LogP contribution in [0.1, 0.15) is 21.5 Å². The van der Waals surface area contributed by atoms with Gasteiger partial charge in [-0.3, -0.25) is 9.10 Å². The van der Waals surface area contributed by atoms with Crippen LogP contribution < -0.4 is 14.4 Å². The average molecular weight is 495 g/mol. The molecule has 0 radical (unpaired) electrons. The van der Waals surface area contributed by atoms with Crippen LogP contribution >= 0.6 is 0 Å². The molecule has 0 bridgehead atoms. The molecular weight excluding hydrogens is 468 g/mol. The van der Waals surface area contributed by atoms with E-state index in [0.717, 1.165) is 16.9 Å². The predicted octanol–water partition coefficient (Wildman–Crippen LogP) is 2.96. The van der Waals surface area contributed by atoms with Crippen LogP contribution in [0.25, 0.3) is 0 Å². The number of methoxy groups -OCH3 is 1. The van der Waals surface area contributed by atoms with Gasteiger partial charge in [-0.05, 0) is 60.4 Å². The maximum atomic E-state index is 13.2. The Morgan fingerprint density at radius 2 is 1.77 bits per heavy atom. The monoisotopic (exact) mass is 494 g/mol. The van der Waals surface area contributed by atoms with Crippen molar-refractivity contribution >= 4 is 27.6 Å². The van der Waals surface area contributed by atoms with Gasteiger partial charge in [-0.15, -0.1) is 0 Å². The Hall–Kier alpha value is -3.85. The SMILES string of the molecule is COc1ccc(CCNC(=O)COC(=O)c2cccc(S(=O)(=O)N3CCc4ccccc43)c2)cc1. The third-order valence-electron chi connectivity index (χ3n) is 5.73. The molecule has 0 atom stereocenters. The number of para-hydroxylation sites is 1. The van der Waals surface area contributed by atoms with Gasteiger partial charge in [-0.25, -0.2) is 13.2 Å². The summed E-state index contributed by atoms with van der Waals surface area (Å²) in [7, 11) is -2.25. The fourth-order valence-electron chi connectivity index (χ4n) is 3.87. The molecule has 0 unspecified atom stereocenters. The first-order valence-electron chi connectivity index (χ1n) is 11.2. The molecule has 0 saturated carbocycles. The zero-order valence-corrected chi connectivity index (χ0v) is 20.1. The highest BCUT2D eigenvalue weighted by atomic mass is 32.2. The lowest BCUT2D eigenvalue weighted by atomic mass is 10.1. The lowest BCUT2D eigenvalue weighted by Crippen LogP contribution is -2.30. The predicted molar refractivity (Wildman–Crippen MR) is 131 cm³/mol. The Morgan fingerprint density at radius 1 is 1.00 bits per heavy atom. The minimum Gasteiger partial charge on any atom is -0.497 e. The molecule has 0 saturated heterocycles. The summed E-state index contributed by atoms with van der Waals surface area (Å²) in [5, 5.41) is 2.70. The third-order valence-corrected chi connectivity index (χ3v) is 7.54. The molecule has 35 heavy (non-hydrogen) atoms. The Bertz CT molecular complexity index is 1320. The van der Waals surface area contributed by atoms with E-state index in [-0.39, 0.29) is 10.5 Å². The van der Waals surface area contributed by atoms with Gasteiger partial charge >= 0.3 is 5.97 Å². The number of carbonyl (C=O) groups is 2. The Kier molecular flexibility index (Phi) is 7.36. The summed E-state index contributed by atoms with van der Waals surface area (Å²) in [5.41, 5.74) is 2.70. The number of ether oxygens (including phenoxy) is 2. The number of nitrogens with one attached hydrogen (secondary N) is 1. The van der Waals surface area contributed by atoms with Crippen molar-refractivity contribution in [1.29, 1.82) is 0 Å².